The number of carbonyl (C=O) groups excluding carboxylic acids is 1. The van der Waals surface area contributed by atoms with Gasteiger partial charge in [0.2, 0.25) is 0 Å². The third-order valence-corrected chi connectivity index (χ3v) is 3.28. The van der Waals surface area contributed by atoms with Crippen molar-refractivity contribution in [3.8, 4) is 0 Å². The van der Waals surface area contributed by atoms with Crippen LogP contribution in [0, 0.1) is 5.41 Å². The molecule has 0 N–H and O–H groups in total. The minimum Gasteiger partial charge on any atom is -0.465 e. The normalized spacial score (nSPS) is 12.3. The lowest BCUT2D eigenvalue weighted by Crippen LogP contribution is -2.34. The Hall–Kier alpha value is -1.35. The van der Waals surface area contributed by atoms with E-state index in [1.165, 1.54) is 7.11 Å². The number of alkyl halides is 1. The first-order chi connectivity index (χ1) is 8.51. The fraction of sp³-hybridized carbons (Fsp3) is 0.429. The maximum Gasteiger partial charge on any atom is 0.352 e. The number of hydrogen-bond acceptors (Lipinski definition) is 3. The predicted molar refractivity (Wildman–Crippen MR) is 74.1 cm³/mol. The van der Waals surface area contributed by atoms with Crippen LogP contribution in [0.15, 0.2) is 35.3 Å². The van der Waals surface area contributed by atoms with Gasteiger partial charge in [0.05, 0.1) is 13.7 Å². The van der Waals surface area contributed by atoms with Crippen LogP contribution in [-0.2, 0) is 16.1 Å². The summed E-state index contributed by atoms with van der Waals surface area (Å²) in [7, 11) is 1.35. The number of esters is 1. The van der Waals surface area contributed by atoms with Gasteiger partial charge in [0.25, 0.3) is 0 Å². The van der Waals surface area contributed by atoms with Crippen molar-refractivity contribution in [1.29, 1.82) is 0 Å². The molecule has 0 aliphatic rings. The second-order valence-corrected chi connectivity index (χ2v) is 4.93. The molecule has 0 saturated heterocycles. The molecule has 3 nitrogen and oxygen atoms in total. The summed E-state index contributed by atoms with van der Waals surface area (Å²) in [6.45, 7) is 4.20. The lowest BCUT2D eigenvalue weighted by Gasteiger charge is -2.22. The molecule has 0 unspecified atom stereocenters. The summed E-state index contributed by atoms with van der Waals surface area (Å²) in [6.07, 6.45) is 0. The molecule has 18 heavy (non-hydrogen) atoms. The van der Waals surface area contributed by atoms with Crippen molar-refractivity contribution in [3.05, 3.63) is 35.9 Å². The fourth-order valence-electron chi connectivity index (χ4n) is 1.47. The van der Waals surface area contributed by atoms with E-state index < -0.39 is 11.4 Å². The fourth-order valence-corrected chi connectivity index (χ4v) is 1.60. The molecule has 0 saturated carbocycles. The first kappa shape index (κ1) is 14.7. The van der Waals surface area contributed by atoms with E-state index in [1.807, 2.05) is 44.2 Å². The molecule has 0 bridgehead atoms. The summed E-state index contributed by atoms with van der Waals surface area (Å²) in [5, 5.41) is 0. The van der Waals surface area contributed by atoms with Crippen molar-refractivity contribution < 1.29 is 9.53 Å². The average Bonchev–Trinajstić information content (AvgIpc) is 2.39. The Bertz CT molecular complexity index is 427. The molecule has 98 valence electrons. The zero-order chi connectivity index (χ0) is 13.6. The highest BCUT2D eigenvalue weighted by Crippen LogP contribution is 2.21. The molecule has 0 spiro atoms. The highest BCUT2D eigenvalue weighted by Gasteiger charge is 2.30. The van der Waals surface area contributed by atoms with Crippen LogP contribution in [0.25, 0.3) is 0 Å². The monoisotopic (exact) mass is 267 g/mol. The van der Waals surface area contributed by atoms with Gasteiger partial charge in [-0.15, -0.1) is 11.6 Å². The van der Waals surface area contributed by atoms with Crippen molar-refractivity contribution in [2.24, 2.45) is 10.4 Å². The van der Waals surface area contributed by atoms with Crippen LogP contribution in [0.1, 0.15) is 19.4 Å². The predicted octanol–water partition coefficient (Wildman–Crippen LogP) is 3.07. The molecular formula is C14H18ClNO2. The highest BCUT2D eigenvalue weighted by molar-refractivity contribution is 6.40. The lowest BCUT2D eigenvalue weighted by atomic mass is 9.89. The number of ether oxygens (including phenoxy) is 1. The van der Waals surface area contributed by atoms with E-state index in [1.54, 1.807) is 0 Å². The van der Waals surface area contributed by atoms with Crippen molar-refractivity contribution >= 4 is 23.3 Å². The molecular weight excluding hydrogens is 250 g/mol. The van der Waals surface area contributed by atoms with Crippen LogP contribution in [-0.4, -0.2) is 24.7 Å². The Morgan fingerprint density at radius 3 is 2.44 bits per heavy atom. The summed E-state index contributed by atoms with van der Waals surface area (Å²) in [5.74, 6) is -0.105. The van der Waals surface area contributed by atoms with Gasteiger partial charge in [-0.2, -0.15) is 0 Å². The Morgan fingerprint density at radius 1 is 1.33 bits per heavy atom. The number of rotatable bonds is 5. The van der Waals surface area contributed by atoms with Crippen molar-refractivity contribution in [3.63, 3.8) is 0 Å². The Morgan fingerprint density at radius 2 is 1.94 bits per heavy atom. The van der Waals surface area contributed by atoms with E-state index in [-0.39, 0.29) is 0 Å². The second-order valence-electron chi connectivity index (χ2n) is 4.66. The number of halogens is 1. The molecule has 1 aromatic rings. The minimum atomic E-state index is -0.497. The Balaban J connectivity index is 2.94. The maximum atomic E-state index is 11.7. The summed E-state index contributed by atoms with van der Waals surface area (Å²) >= 11 is 5.88. The van der Waals surface area contributed by atoms with Gasteiger partial charge in [0.1, 0.15) is 5.71 Å². The highest BCUT2D eigenvalue weighted by atomic mass is 35.5. The minimum absolute atomic E-state index is 0.315. The number of hydrogen-bond donors (Lipinski definition) is 0. The topological polar surface area (TPSA) is 38.7 Å². The van der Waals surface area contributed by atoms with E-state index in [0.29, 0.717) is 18.1 Å². The SMILES string of the molecule is COC(=O)C(=NCc1ccccc1)C(C)(C)CCl. The number of carbonyl (C=O) groups is 1. The van der Waals surface area contributed by atoms with Crippen molar-refractivity contribution in [1.82, 2.24) is 0 Å². The molecule has 1 rings (SSSR count). The van der Waals surface area contributed by atoms with Crippen LogP contribution >= 0.6 is 11.6 Å². The number of methoxy groups -OCH3 is 1. The molecule has 0 fully saturated rings. The second kappa shape index (κ2) is 6.55. The average molecular weight is 268 g/mol. The standard InChI is InChI=1S/C14H18ClNO2/c1-14(2,10-15)12(13(17)18-3)16-9-11-7-5-4-6-8-11/h4-8H,9-10H2,1-3H3. The van der Waals surface area contributed by atoms with E-state index in [2.05, 4.69) is 4.99 Å². The van der Waals surface area contributed by atoms with Gasteiger partial charge >= 0.3 is 5.97 Å². The molecule has 0 atom stereocenters. The Kier molecular flexibility index (Phi) is 5.35. The van der Waals surface area contributed by atoms with Gasteiger partial charge < -0.3 is 4.74 Å². The van der Waals surface area contributed by atoms with Gasteiger partial charge in [-0.3, -0.25) is 4.99 Å². The zero-order valence-corrected chi connectivity index (χ0v) is 11.7. The molecule has 0 aliphatic carbocycles. The number of nitrogens with zero attached hydrogens (tertiary/aromatic N) is 1. The molecule has 0 heterocycles. The van der Waals surface area contributed by atoms with Crippen LogP contribution in [0.5, 0.6) is 0 Å². The first-order valence-electron chi connectivity index (χ1n) is 5.74. The molecule has 1 aromatic carbocycles. The van der Waals surface area contributed by atoms with Gasteiger partial charge in [-0.05, 0) is 5.56 Å². The van der Waals surface area contributed by atoms with E-state index in [4.69, 9.17) is 16.3 Å². The van der Waals surface area contributed by atoms with Gasteiger partial charge in [0.15, 0.2) is 0 Å². The Labute approximate surface area is 113 Å². The molecule has 0 aliphatic heterocycles. The smallest absolute Gasteiger partial charge is 0.352 e. The summed E-state index contributed by atoms with van der Waals surface area (Å²) in [5.41, 5.74) is 0.928. The van der Waals surface area contributed by atoms with Gasteiger partial charge in [-0.1, -0.05) is 44.2 Å². The van der Waals surface area contributed by atoms with Crippen LogP contribution in [0.2, 0.25) is 0 Å². The van der Waals surface area contributed by atoms with Gasteiger partial charge in [0, 0.05) is 11.3 Å². The third kappa shape index (κ3) is 3.84. The number of benzene rings is 1. The summed E-state index contributed by atoms with van der Waals surface area (Å²) < 4.78 is 4.76. The molecule has 0 amide bonds. The van der Waals surface area contributed by atoms with E-state index in [9.17, 15) is 4.79 Å². The van der Waals surface area contributed by atoms with E-state index in [0.717, 1.165) is 5.56 Å². The lowest BCUT2D eigenvalue weighted by molar-refractivity contribution is -0.133. The first-order valence-corrected chi connectivity index (χ1v) is 6.28. The molecule has 4 heteroatoms. The van der Waals surface area contributed by atoms with E-state index >= 15 is 0 Å². The maximum absolute atomic E-state index is 11.7. The molecule has 0 radical (unpaired) electrons. The van der Waals surface area contributed by atoms with Gasteiger partial charge in [-0.25, -0.2) is 4.79 Å². The number of aliphatic imine (C=N–C) groups is 1. The van der Waals surface area contributed by atoms with Crippen molar-refractivity contribution in [2.45, 2.75) is 20.4 Å². The largest absolute Gasteiger partial charge is 0.465 e. The van der Waals surface area contributed by atoms with Crippen molar-refractivity contribution in [2.75, 3.05) is 13.0 Å². The van der Waals surface area contributed by atoms with Crippen LogP contribution in [0.4, 0.5) is 0 Å². The molecule has 0 aromatic heterocycles. The third-order valence-electron chi connectivity index (χ3n) is 2.62. The zero-order valence-electron chi connectivity index (χ0n) is 10.9. The van der Waals surface area contributed by atoms with Crippen LogP contribution in [0.3, 0.4) is 0 Å². The quantitative estimate of drug-likeness (QED) is 0.467. The summed E-state index contributed by atoms with van der Waals surface area (Å²) in [4.78, 5) is 16.1. The van der Waals surface area contributed by atoms with Crippen LogP contribution < -0.4 is 0 Å². The summed E-state index contributed by atoms with van der Waals surface area (Å²) in [6, 6.07) is 9.75.